The van der Waals surface area contributed by atoms with Crippen LogP contribution in [0.4, 0.5) is 0 Å². The second-order valence-corrected chi connectivity index (χ2v) is 6.69. The number of hydrogen-bond donors (Lipinski definition) is 3. The third-order valence-corrected chi connectivity index (χ3v) is 4.03. The predicted octanol–water partition coefficient (Wildman–Crippen LogP) is 1.94. The zero-order chi connectivity index (χ0) is 17.5. The third kappa shape index (κ3) is 5.20. The molecule has 2 rings (SSSR count). The smallest absolute Gasteiger partial charge is 0.247 e. The molecule has 0 heterocycles. The average Bonchev–Trinajstić information content (AvgIpc) is 3.00. The molecule has 0 fully saturated rings. The van der Waals surface area contributed by atoms with E-state index in [0.29, 0.717) is 12.8 Å². The number of nitrogens with one attached hydrogen (secondary N) is 2. The molecule has 1 aromatic rings. The van der Waals surface area contributed by atoms with Gasteiger partial charge in [0.05, 0.1) is 0 Å². The number of aliphatic hydroxyl groups is 1. The van der Waals surface area contributed by atoms with Crippen molar-refractivity contribution in [3.63, 3.8) is 0 Å². The van der Waals surface area contributed by atoms with Crippen LogP contribution < -0.4 is 10.6 Å². The molecule has 130 valence electrons. The van der Waals surface area contributed by atoms with E-state index in [1.54, 1.807) is 0 Å². The molecule has 0 bridgehead atoms. The summed E-state index contributed by atoms with van der Waals surface area (Å²) in [5, 5.41) is 15.0. The van der Waals surface area contributed by atoms with E-state index in [9.17, 15) is 14.7 Å². The second-order valence-electron chi connectivity index (χ2n) is 6.69. The normalized spacial score (nSPS) is 20.8. The number of rotatable bonds is 7. The van der Waals surface area contributed by atoms with Gasteiger partial charge < -0.3 is 15.7 Å². The van der Waals surface area contributed by atoms with Gasteiger partial charge in [0.1, 0.15) is 6.04 Å². The second kappa shape index (κ2) is 8.64. The van der Waals surface area contributed by atoms with Crippen LogP contribution in [0, 0.1) is 11.8 Å². The number of hydrogen-bond acceptors (Lipinski definition) is 3. The molecule has 0 aromatic heterocycles. The van der Waals surface area contributed by atoms with Crippen LogP contribution in [0.3, 0.4) is 0 Å². The zero-order valence-corrected chi connectivity index (χ0v) is 14.2. The summed E-state index contributed by atoms with van der Waals surface area (Å²) in [7, 11) is 0. The molecule has 1 aromatic carbocycles. The van der Waals surface area contributed by atoms with Crippen molar-refractivity contribution in [2.24, 2.45) is 11.8 Å². The fraction of sp³-hybridized carbons (Fsp3) is 0.474. The van der Waals surface area contributed by atoms with Gasteiger partial charge in [0, 0.05) is 25.0 Å². The monoisotopic (exact) mass is 330 g/mol. The number of carbonyl (C=O) groups is 2. The van der Waals surface area contributed by atoms with Crippen LogP contribution >= 0.6 is 0 Å². The van der Waals surface area contributed by atoms with Gasteiger partial charge >= 0.3 is 0 Å². The average molecular weight is 330 g/mol. The standard InChI is InChI=1S/C19H26N2O3/c1-13(2)10-17(23)21-18(15-6-4-3-5-7-15)19(24)20-16-9-8-14(11-16)12-22/h3-9,13-14,16,18,22H,10-12H2,1-2H3,(H,20,24)(H,21,23)/t14-,16+,18?/m0/s1. The lowest BCUT2D eigenvalue weighted by Crippen LogP contribution is -2.43. The Morgan fingerprint density at radius 2 is 1.92 bits per heavy atom. The molecule has 1 aliphatic rings. The third-order valence-electron chi connectivity index (χ3n) is 4.03. The van der Waals surface area contributed by atoms with E-state index in [1.807, 2.05) is 56.3 Å². The van der Waals surface area contributed by atoms with Gasteiger partial charge in [0.2, 0.25) is 11.8 Å². The largest absolute Gasteiger partial charge is 0.396 e. The van der Waals surface area contributed by atoms with E-state index in [2.05, 4.69) is 10.6 Å². The first-order chi connectivity index (χ1) is 11.5. The fourth-order valence-corrected chi connectivity index (χ4v) is 2.82. The predicted molar refractivity (Wildman–Crippen MR) is 93.0 cm³/mol. The van der Waals surface area contributed by atoms with Crippen molar-refractivity contribution < 1.29 is 14.7 Å². The SMILES string of the molecule is CC(C)CC(=O)NC(C(=O)N[C@@H]1C=C[C@H](CO)C1)c1ccccc1. The summed E-state index contributed by atoms with van der Waals surface area (Å²) in [6.45, 7) is 4.02. The molecule has 0 radical (unpaired) electrons. The maximum absolute atomic E-state index is 12.7. The summed E-state index contributed by atoms with van der Waals surface area (Å²) in [4.78, 5) is 24.8. The summed E-state index contributed by atoms with van der Waals surface area (Å²) in [5.41, 5.74) is 0.757. The van der Waals surface area contributed by atoms with E-state index in [4.69, 9.17) is 0 Å². The van der Waals surface area contributed by atoms with Crippen LogP contribution in [0.25, 0.3) is 0 Å². The summed E-state index contributed by atoms with van der Waals surface area (Å²) in [5.74, 6) is -0.0516. The minimum Gasteiger partial charge on any atom is -0.396 e. The Hall–Kier alpha value is -2.14. The molecule has 0 spiro atoms. The Morgan fingerprint density at radius 3 is 2.50 bits per heavy atom. The van der Waals surface area contributed by atoms with Gasteiger partial charge in [-0.3, -0.25) is 9.59 Å². The lowest BCUT2D eigenvalue weighted by molar-refractivity contribution is -0.129. The molecule has 5 nitrogen and oxygen atoms in total. The highest BCUT2D eigenvalue weighted by atomic mass is 16.3. The Labute approximate surface area is 143 Å². The molecule has 2 amide bonds. The van der Waals surface area contributed by atoms with Gasteiger partial charge in [0.15, 0.2) is 0 Å². The molecule has 24 heavy (non-hydrogen) atoms. The lowest BCUT2D eigenvalue weighted by Gasteiger charge is -2.22. The Balaban J connectivity index is 2.06. The quantitative estimate of drug-likeness (QED) is 0.669. The molecule has 3 atom stereocenters. The molecular weight excluding hydrogens is 304 g/mol. The van der Waals surface area contributed by atoms with Crippen LogP contribution in [0.1, 0.15) is 38.3 Å². The van der Waals surface area contributed by atoms with Gasteiger partial charge in [-0.25, -0.2) is 0 Å². The van der Waals surface area contributed by atoms with E-state index < -0.39 is 6.04 Å². The minimum absolute atomic E-state index is 0.0795. The number of amides is 2. The van der Waals surface area contributed by atoms with E-state index in [0.717, 1.165) is 5.56 Å². The summed E-state index contributed by atoms with van der Waals surface area (Å²) >= 11 is 0. The van der Waals surface area contributed by atoms with Crippen LogP contribution in [-0.2, 0) is 9.59 Å². The minimum atomic E-state index is -0.709. The molecule has 0 saturated carbocycles. The number of carbonyl (C=O) groups excluding carboxylic acids is 2. The Morgan fingerprint density at radius 1 is 1.21 bits per heavy atom. The highest BCUT2D eigenvalue weighted by molar-refractivity contribution is 5.89. The van der Waals surface area contributed by atoms with Gasteiger partial charge in [0.25, 0.3) is 0 Å². The summed E-state index contributed by atoms with van der Waals surface area (Å²) in [6.07, 6.45) is 4.88. The summed E-state index contributed by atoms with van der Waals surface area (Å²) < 4.78 is 0. The molecule has 1 unspecified atom stereocenters. The van der Waals surface area contributed by atoms with E-state index in [-0.39, 0.29) is 36.3 Å². The van der Waals surface area contributed by atoms with E-state index >= 15 is 0 Å². The van der Waals surface area contributed by atoms with Crippen molar-refractivity contribution in [1.29, 1.82) is 0 Å². The maximum Gasteiger partial charge on any atom is 0.247 e. The van der Waals surface area contributed by atoms with Crippen molar-refractivity contribution in [3.8, 4) is 0 Å². The van der Waals surface area contributed by atoms with E-state index in [1.165, 1.54) is 0 Å². The fourth-order valence-electron chi connectivity index (χ4n) is 2.82. The highest BCUT2D eigenvalue weighted by Crippen LogP contribution is 2.19. The first kappa shape index (κ1) is 18.2. The van der Waals surface area contributed by atoms with Crippen molar-refractivity contribution in [2.75, 3.05) is 6.61 Å². The van der Waals surface area contributed by atoms with Crippen LogP contribution in [0.15, 0.2) is 42.5 Å². The van der Waals surface area contributed by atoms with Crippen molar-refractivity contribution in [3.05, 3.63) is 48.0 Å². The van der Waals surface area contributed by atoms with Crippen LogP contribution in [-0.4, -0.2) is 29.6 Å². The first-order valence-corrected chi connectivity index (χ1v) is 8.43. The maximum atomic E-state index is 12.7. The molecule has 1 aliphatic carbocycles. The van der Waals surface area contributed by atoms with Crippen molar-refractivity contribution >= 4 is 11.8 Å². The van der Waals surface area contributed by atoms with Gasteiger partial charge in [-0.05, 0) is 17.9 Å². The zero-order valence-electron chi connectivity index (χ0n) is 14.2. The van der Waals surface area contributed by atoms with Gasteiger partial charge in [-0.15, -0.1) is 0 Å². The molecule has 0 aliphatic heterocycles. The van der Waals surface area contributed by atoms with Crippen LogP contribution in [0.2, 0.25) is 0 Å². The van der Waals surface area contributed by atoms with Gasteiger partial charge in [-0.1, -0.05) is 56.3 Å². The lowest BCUT2D eigenvalue weighted by atomic mass is 10.0. The molecule has 3 N–H and O–H groups in total. The van der Waals surface area contributed by atoms with Crippen LogP contribution in [0.5, 0.6) is 0 Å². The number of benzene rings is 1. The first-order valence-electron chi connectivity index (χ1n) is 8.43. The Bertz CT molecular complexity index is 584. The van der Waals surface area contributed by atoms with Crippen molar-refractivity contribution in [1.82, 2.24) is 10.6 Å². The highest BCUT2D eigenvalue weighted by Gasteiger charge is 2.26. The Kier molecular flexibility index (Phi) is 6.55. The molecule has 5 heteroatoms. The van der Waals surface area contributed by atoms with Crippen molar-refractivity contribution in [2.45, 2.75) is 38.8 Å². The molecule has 0 saturated heterocycles. The molecular formula is C19H26N2O3. The van der Waals surface area contributed by atoms with Gasteiger partial charge in [-0.2, -0.15) is 0 Å². The summed E-state index contributed by atoms with van der Waals surface area (Å²) in [6, 6.07) is 8.42. The topological polar surface area (TPSA) is 78.4 Å². The number of aliphatic hydroxyl groups excluding tert-OH is 1.